The third-order valence-electron chi connectivity index (χ3n) is 1.60. The molecule has 3 heteroatoms. The molecule has 2 rings (SSSR count). The molecule has 0 aliphatic rings. The predicted octanol–water partition coefficient (Wildman–Crippen LogP) is 3.40. The maximum Gasteiger partial charge on any atom is 0.177 e. The second-order valence-electron chi connectivity index (χ2n) is 2.65. The Morgan fingerprint density at radius 3 is 2.27 bits per heavy atom. The van der Waals surface area contributed by atoms with Crippen LogP contribution in [0.2, 0.25) is 0 Å². The van der Waals surface area contributed by atoms with E-state index < -0.39 is 0 Å². The van der Waals surface area contributed by atoms with Crippen molar-refractivity contribution in [1.29, 1.82) is 0 Å². The Morgan fingerprint density at radius 2 is 1.67 bits per heavy atom. The van der Waals surface area contributed by atoms with Gasteiger partial charge in [0, 0.05) is 5.69 Å². The van der Waals surface area contributed by atoms with E-state index in [9.17, 15) is 0 Å². The summed E-state index contributed by atoms with van der Waals surface area (Å²) in [6.07, 6.45) is 0. The molecule has 0 bridgehead atoms. The van der Waals surface area contributed by atoms with Crippen molar-refractivity contribution in [2.75, 3.05) is 0 Å². The molecule has 0 aliphatic carbocycles. The minimum Gasteiger partial charge on any atom is -0.341 e. The van der Waals surface area contributed by atoms with Gasteiger partial charge >= 0.3 is 0 Å². The van der Waals surface area contributed by atoms with E-state index in [4.69, 9.17) is 0 Å². The van der Waals surface area contributed by atoms with Crippen LogP contribution in [0.5, 0.6) is 0 Å². The lowest BCUT2D eigenvalue weighted by atomic mass is 10.4. The molecule has 0 radical (unpaired) electrons. The van der Waals surface area contributed by atoms with E-state index in [-0.39, 0.29) is 0 Å². The van der Waals surface area contributed by atoms with E-state index >= 15 is 0 Å². The normalized spacial score (nSPS) is 8.53. The van der Waals surface area contributed by atoms with Gasteiger partial charge in [-0.15, -0.1) is 13.2 Å². The zero-order chi connectivity index (χ0) is 11.8. The Morgan fingerprint density at radius 1 is 1.07 bits per heavy atom. The van der Waals surface area contributed by atoms with Crippen molar-refractivity contribution in [3.05, 3.63) is 36.8 Å². The molecule has 0 saturated heterocycles. The highest BCUT2D eigenvalue weighted by Gasteiger charge is 1.98. The fraction of sp³-hybridized carbons (Fsp3) is 0.333. The highest BCUT2D eigenvalue weighted by Crippen LogP contribution is 2.08. The van der Waals surface area contributed by atoms with Gasteiger partial charge in [0.05, 0.1) is 5.52 Å². The van der Waals surface area contributed by atoms with Crippen molar-refractivity contribution >= 4 is 11.2 Å². The number of H-pyrrole nitrogens is 1. The summed E-state index contributed by atoms with van der Waals surface area (Å²) in [6, 6.07) is 3.97. The molecule has 0 amide bonds. The number of nitrogens with one attached hydrogen (secondary N) is 1. The number of aromatic amines is 1. The molecule has 0 unspecified atom stereocenters. The lowest BCUT2D eigenvalue weighted by Crippen LogP contribution is -1.80. The second-order valence-corrected chi connectivity index (χ2v) is 2.65. The van der Waals surface area contributed by atoms with Crippen LogP contribution >= 0.6 is 0 Å². The standard InChI is InChI=1S/C8H9N3.C2H6.C2H4/c1-5-3-4-7-8(9-5)11-6(2)10-7;2*1-2/h3-4H,1-2H3,(H,9,10,11);1-2H3;1-2H2. The molecule has 1 N–H and O–H groups in total. The van der Waals surface area contributed by atoms with Gasteiger partial charge in [-0.05, 0) is 26.0 Å². The van der Waals surface area contributed by atoms with Crippen molar-refractivity contribution in [2.24, 2.45) is 0 Å². The van der Waals surface area contributed by atoms with Crippen LogP contribution in [-0.4, -0.2) is 15.0 Å². The number of aryl methyl sites for hydroxylation is 2. The van der Waals surface area contributed by atoms with Crippen molar-refractivity contribution in [3.63, 3.8) is 0 Å². The molecule has 2 aromatic heterocycles. The van der Waals surface area contributed by atoms with Gasteiger partial charge in [-0.3, -0.25) is 0 Å². The number of pyridine rings is 1. The molecule has 0 atom stereocenters. The molecule has 0 aromatic carbocycles. The summed E-state index contributed by atoms with van der Waals surface area (Å²) in [5.74, 6) is 0.915. The van der Waals surface area contributed by atoms with Gasteiger partial charge in [0.15, 0.2) is 5.65 Å². The molecule has 3 nitrogen and oxygen atoms in total. The van der Waals surface area contributed by atoms with Crippen LogP contribution in [0.25, 0.3) is 11.2 Å². The average molecular weight is 205 g/mol. The largest absolute Gasteiger partial charge is 0.341 e. The maximum absolute atomic E-state index is 4.25. The van der Waals surface area contributed by atoms with Crippen LogP contribution in [0, 0.1) is 13.8 Å². The summed E-state index contributed by atoms with van der Waals surface area (Å²) in [5.41, 5.74) is 2.82. The number of nitrogens with zero attached hydrogens (tertiary/aromatic N) is 2. The predicted molar refractivity (Wildman–Crippen MR) is 66.0 cm³/mol. The van der Waals surface area contributed by atoms with E-state index in [1.807, 2.05) is 39.8 Å². The number of fused-ring (bicyclic) bond motifs is 1. The average Bonchev–Trinajstić information content (AvgIpc) is 2.63. The number of aromatic nitrogens is 3. The van der Waals surface area contributed by atoms with Crippen LogP contribution in [0.1, 0.15) is 25.4 Å². The minimum atomic E-state index is 0.808. The smallest absolute Gasteiger partial charge is 0.177 e. The van der Waals surface area contributed by atoms with Gasteiger partial charge in [-0.1, -0.05) is 13.8 Å². The lowest BCUT2D eigenvalue weighted by Gasteiger charge is -1.88. The van der Waals surface area contributed by atoms with Gasteiger partial charge in [-0.25, -0.2) is 9.97 Å². The van der Waals surface area contributed by atoms with Crippen LogP contribution < -0.4 is 0 Å². The van der Waals surface area contributed by atoms with Crippen LogP contribution in [0.4, 0.5) is 0 Å². The van der Waals surface area contributed by atoms with Crippen LogP contribution in [-0.2, 0) is 0 Å². The third kappa shape index (κ3) is 3.54. The Kier molecular flexibility index (Phi) is 6.02. The summed E-state index contributed by atoms with van der Waals surface area (Å²) >= 11 is 0. The molecule has 2 aromatic rings. The van der Waals surface area contributed by atoms with E-state index in [1.165, 1.54) is 0 Å². The zero-order valence-electron chi connectivity index (χ0n) is 9.96. The summed E-state index contributed by atoms with van der Waals surface area (Å²) < 4.78 is 0. The zero-order valence-corrected chi connectivity index (χ0v) is 9.96. The lowest BCUT2D eigenvalue weighted by molar-refractivity contribution is 1.15. The summed E-state index contributed by atoms with van der Waals surface area (Å²) in [7, 11) is 0. The molecular weight excluding hydrogens is 186 g/mol. The molecule has 0 spiro atoms. The Hall–Kier alpha value is -1.64. The number of rotatable bonds is 0. The van der Waals surface area contributed by atoms with Crippen molar-refractivity contribution in [3.8, 4) is 0 Å². The van der Waals surface area contributed by atoms with Crippen LogP contribution in [0.15, 0.2) is 25.3 Å². The van der Waals surface area contributed by atoms with Gasteiger partial charge in [0.25, 0.3) is 0 Å². The van der Waals surface area contributed by atoms with E-state index in [1.54, 1.807) is 0 Å². The summed E-state index contributed by atoms with van der Waals surface area (Å²) in [5, 5.41) is 0. The quantitative estimate of drug-likeness (QED) is 0.670. The molecule has 0 fully saturated rings. The van der Waals surface area contributed by atoms with Crippen LogP contribution in [0.3, 0.4) is 0 Å². The fourth-order valence-electron chi connectivity index (χ4n) is 1.11. The van der Waals surface area contributed by atoms with Gasteiger partial charge in [0.1, 0.15) is 5.82 Å². The molecule has 15 heavy (non-hydrogen) atoms. The van der Waals surface area contributed by atoms with Gasteiger partial charge < -0.3 is 4.98 Å². The fourth-order valence-corrected chi connectivity index (χ4v) is 1.11. The first-order valence-corrected chi connectivity index (χ1v) is 5.06. The summed E-state index contributed by atoms with van der Waals surface area (Å²) in [4.78, 5) is 11.6. The number of hydrogen-bond donors (Lipinski definition) is 1. The van der Waals surface area contributed by atoms with E-state index in [0.717, 1.165) is 22.7 Å². The van der Waals surface area contributed by atoms with E-state index in [2.05, 4.69) is 28.1 Å². The van der Waals surface area contributed by atoms with Crippen molar-refractivity contribution in [2.45, 2.75) is 27.7 Å². The van der Waals surface area contributed by atoms with Gasteiger partial charge in [0.2, 0.25) is 0 Å². The Labute approximate surface area is 91.3 Å². The molecular formula is C12H19N3. The number of imidazole rings is 1. The van der Waals surface area contributed by atoms with E-state index in [0.29, 0.717) is 0 Å². The topological polar surface area (TPSA) is 41.6 Å². The van der Waals surface area contributed by atoms with Gasteiger partial charge in [-0.2, -0.15) is 0 Å². The van der Waals surface area contributed by atoms with Crippen molar-refractivity contribution in [1.82, 2.24) is 15.0 Å². The first kappa shape index (κ1) is 13.4. The monoisotopic (exact) mass is 205 g/mol. The first-order valence-electron chi connectivity index (χ1n) is 5.06. The maximum atomic E-state index is 4.25. The molecule has 82 valence electrons. The highest BCUT2D eigenvalue weighted by molar-refractivity contribution is 5.70. The Bertz CT molecular complexity index is 404. The number of hydrogen-bond acceptors (Lipinski definition) is 2. The minimum absolute atomic E-state index is 0.808. The first-order chi connectivity index (χ1) is 7.25. The highest BCUT2D eigenvalue weighted by atomic mass is 15.0. The Balaban J connectivity index is 0.000000442. The molecule has 2 heterocycles. The third-order valence-corrected chi connectivity index (χ3v) is 1.60. The SMILES string of the molecule is C=C.CC.Cc1ccc2[nH]c(C)nc2n1. The summed E-state index contributed by atoms with van der Waals surface area (Å²) in [6.45, 7) is 13.9. The molecule has 0 saturated carbocycles. The molecule has 0 aliphatic heterocycles. The van der Waals surface area contributed by atoms with Crippen molar-refractivity contribution < 1.29 is 0 Å². The second kappa shape index (κ2) is 6.76.